The highest BCUT2D eigenvalue weighted by Gasteiger charge is 2.19. The number of amides is 1. The molecule has 2 aromatic heterocycles. The van der Waals surface area contributed by atoms with Gasteiger partial charge in [0.1, 0.15) is 0 Å². The fourth-order valence-electron chi connectivity index (χ4n) is 2.47. The van der Waals surface area contributed by atoms with Crippen molar-refractivity contribution < 1.29 is 4.79 Å². The summed E-state index contributed by atoms with van der Waals surface area (Å²) in [5.41, 5.74) is 2.61. The number of carbonyl (C=O) groups excluding carboxylic acids is 1. The molecule has 2 heterocycles. The van der Waals surface area contributed by atoms with Crippen molar-refractivity contribution in [3.63, 3.8) is 0 Å². The highest BCUT2D eigenvalue weighted by atomic mass is 79.9. The van der Waals surface area contributed by atoms with E-state index in [1.165, 1.54) is 11.3 Å². The molecule has 0 fully saturated rings. The van der Waals surface area contributed by atoms with Gasteiger partial charge in [-0.1, -0.05) is 40.8 Å². The first-order valence-corrected chi connectivity index (χ1v) is 9.08. The number of carbonyl (C=O) groups is 1. The summed E-state index contributed by atoms with van der Waals surface area (Å²) in [4.78, 5) is 17.0. The normalized spacial score (nSPS) is 11.0. The van der Waals surface area contributed by atoms with E-state index in [-0.39, 0.29) is 11.6 Å². The van der Waals surface area contributed by atoms with Gasteiger partial charge in [0.25, 0.3) is 5.91 Å². The van der Waals surface area contributed by atoms with Crippen LogP contribution < -0.4 is 5.32 Å². The van der Waals surface area contributed by atoms with Gasteiger partial charge in [0.2, 0.25) is 0 Å². The predicted molar refractivity (Wildman–Crippen MR) is 101 cm³/mol. The van der Waals surface area contributed by atoms with E-state index in [4.69, 9.17) is 0 Å². The second kappa shape index (κ2) is 6.38. The summed E-state index contributed by atoms with van der Waals surface area (Å²) in [7, 11) is 0. The Bertz CT molecular complexity index is 1050. The molecule has 0 radical (unpaired) electrons. The van der Waals surface area contributed by atoms with Crippen molar-refractivity contribution in [3.05, 3.63) is 64.4 Å². The molecule has 25 heavy (non-hydrogen) atoms. The Morgan fingerprint density at radius 2 is 1.92 bits per heavy atom. The van der Waals surface area contributed by atoms with E-state index < -0.39 is 0 Å². The molecule has 8 heteroatoms. The van der Waals surface area contributed by atoms with Gasteiger partial charge in [-0.25, -0.2) is 9.67 Å². The fourth-order valence-corrected chi connectivity index (χ4v) is 3.79. The van der Waals surface area contributed by atoms with Crippen LogP contribution in [0.2, 0.25) is 0 Å². The number of hydrogen-bond donors (Lipinski definition) is 1. The van der Waals surface area contributed by atoms with Crippen LogP contribution in [0.15, 0.2) is 53.0 Å². The van der Waals surface area contributed by atoms with Gasteiger partial charge < -0.3 is 0 Å². The van der Waals surface area contributed by atoms with Crippen LogP contribution in [-0.4, -0.2) is 25.9 Å². The fraction of sp³-hybridized carbons (Fsp3) is 0.0588. The second-order valence-electron chi connectivity index (χ2n) is 5.33. The van der Waals surface area contributed by atoms with Gasteiger partial charge >= 0.3 is 0 Å². The van der Waals surface area contributed by atoms with E-state index in [0.29, 0.717) is 10.8 Å². The first kappa shape index (κ1) is 15.9. The van der Waals surface area contributed by atoms with Gasteiger partial charge in [0, 0.05) is 4.47 Å². The SMILES string of the molecule is Cc1c(C(=O)Nc2nc3ccccc3s2)nnn1-c1ccccc1Br. The summed E-state index contributed by atoms with van der Waals surface area (Å²) in [6.07, 6.45) is 0. The largest absolute Gasteiger partial charge is 0.296 e. The van der Waals surface area contributed by atoms with Crippen LogP contribution in [0.1, 0.15) is 16.2 Å². The van der Waals surface area contributed by atoms with Crippen LogP contribution in [0.25, 0.3) is 15.9 Å². The Morgan fingerprint density at radius 3 is 2.72 bits per heavy atom. The van der Waals surface area contributed by atoms with Crippen LogP contribution in [0, 0.1) is 6.92 Å². The third-order valence-electron chi connectivity index (χ3n) is 3.70. The number of halogens is 1. The molecule has 0 aliphatic heterocycles. The molecule has 0 spiro atoms. The van der Waals surface area contributed by atoms with Crippen molar-refractivity contribution >= 4 is 48.5 Å². The Hall–Kier alpha value is -2.58. The zero-order valence-electron chi connectivity index (χ0n) is 13.1. The number of para-hydroxylation sites is 2. The maximum atomic E-state index is 12.6. The van der Waals surface area contributed by atoms with Crippen molar-refractivity contribution in [3.8, 4) is 5.69 Å². The Morgan fingerprint density at radius 1 is 1.16 bits per heavy atom. The van der Waals surface area contributed by atoms with Gasteiger partial charge in [0.15, 0.2) is 10.8 Å². The van der Waals surface area contributed by atoms with Gasteiger partial charge in [-0.3, -0.25) is 10.1 Å². The number of nitrogens with one attached hydrogen (secondary N) is 1. The summed E-state index contributed by atoms with van der Waals surface area (Å²) < 4.78 is 3.53. The minimum absolute atomic E-state index is 0.273. The zero-order chi connectivity index (χ0) is 17.4. The zero-order valence-corrected chi connectivity index (χ0v) is 15.5. The van der Waals surface area contributed by atoms with Gasteiger partial charge in [-0.15, -0.1) is 5.10 Å². The second-order valence-corrected chi connectivity index (χ2v) is 7.21. The highest BCUT2D eigenvalue weighted by Crippen LogP contribution is 2.26. The third-order valence-corrected chi connectivity index (χ3v) is 5.33. The molecule has 124 valence electrons. The average Bonchev–Trinajstić information content (AvgIpc) is 3.18. The number of benzene rings is 2. The number of anilines is 1. The first-order chi connectivity index (χ1) is 12.1. The maximum absolute atomic E-state index is 12.6. The van der Waals surface area contributed by atoms with Crippen molar-refractivity contribution in [2.24, 2.45) is 0 Å². The Labute approximate surface area is 155 Å². The average molecular weight is 414 g/mol. The molecule has 0 saturated carbocycles. The molecule has 0 atom stereocenters. The number of fused-ring (bicyclic) bond motifs is 1. The Kier molecular flexibility index (Phi) is 4.06. The monoisotopic (exact) mass is 413 g/mol. The molecule has 4 rings (SSSR count). The quantitative estimate of drug-likeness (QED) is 0.546. The topological polar surface area (TPSA) is 72.7 Å². The number of hydrogen-bond acceptors (Lipinski definition) is 5. The van der Waals surface area contributed by atoms with Crippen LogP contribution in [0.4, 0.5) is 5.13 Å². The van der Waals surface area contributed by atoms with E-state index in [1.54, 1.807) is 4.68 Å². The third kappa shape index (κ3) is 2.94. The minimum Gasteiger partial charge on any atom is -0.296 e. The van der Waals surface area contributed by atoms with Crippen molar-refractivity contribution in [2.75, 3.05) is 5.32 Å². The summed E-state index contributed by atoms with van der Waals surface area (Å²) >= 11 is 4.92. The first-order valence-electron chi connectivity index (χ1n) is 7.47. The van der Waals surface area contributed by atoms with Crippen LogP contribution in [-0.2, 0) is 0 Å². The lowest BCUT2D eigenvalue weighted by Crippen LogP contribution is -2.14. The standard InChI is InChI=1S/C17H12BrN5OS/c1-10-15(21-22-23(10)13-8-4-2-6-11(13)18)16(24)20-17-19-12-7-3-5-9-14(12)25-17/h2-9H,1H3,(H,19,20,24). The van der Waals surface area contributed by atoms with E-state index in [1.807, 2.05) is 55.5 Å². The molecule has 0 saturated heterocycles. The molecule has 0 aliphatic carbocycles. The van der Waals surface area contributed by atoms with Crippen molar-refractivity contribution in [1.82, 2.24) is 20.0 Å². The minimum atomic E-state index is -0.324. The summed E-state index contributed by atoms with van der Waals surface area (Å²) in [6, 6.07) is 15.4. The van der Waals surface area contributed by atoms with Crippen molar-refractivity contribution in [2.45, 2.75) is 6.92 Å². The lowest BCUT2D eigenvalue weighted by atomic mass is 10.3. The molecule has 6 nitrogen and oxygen atoms in total. The lowest BCUT2D eigenvalue weighted by molar-refractivity contribution is 0.102. The number of rotatable bonds is 3. The summed E-state index contributed by atoms with van der Waals surface area (Å²) in [6.45, 7) is 1.81. The molecular formula is C17H12BrN5OS. The molecule has 2 aromatic carbocycles. The molecular weight excluding hydrogens is 402 g/mol. The Balaban J connectivity index is 1.64. The van der Waals surface area contributed by atoms with E-state index in [9.17, 15) is 4.79 Å². The number of thiazole rings is 1. The smallest absolute Gasteiger partial charge is 0.279 e. The van der Waals surface area contributed by atoms with E-state index >= 15 is 0 Å². The van der Waals surface area contributed by atoms with Crippen LogP contribution in [0.3, 0.4) is 0 Å². The lowest BCUT2D eigenvalue weighted by Gasteiger charge is -2.05. The summed E-state index contributed by atoms with van der Waals surface area (Å²) in [5.74, 6) is -0.324. The molecule has 0 aliphatic rings. The predicted octanol–water partition coefficient (Wildman–Crippen LogP) is 4.20. The van der Waals surface area contributed by atoms with Gasteiger partial charge in [-0.05, 0) is 47.1 Å². The molecule has 0 bridgehead atoms. The van der Waals surface area contributed by atoms with Crippen LogP contribution >= 0.6 is 27.3 Å². The van der Waals surface area contributed by atoms with Crippen LogP contribution in [0.5, 0.6) is 0 Å². The molecule has 1 N–H and O–H groups in total. The number of nitrogens with zero attached hydrogens (tertiary/aromatic N) is 4. The van der Waals surface area contributed by atoms with E-state index in [0.717, 1.165) is 20.4 Å². The highest BCUT2D eigenvalue weighted by molar-refractivity contribution is 9.10. The molecule has 1 amide bonds. The van der Waals surface area contributed by atoms with E-state index in [2.05, 4.69) is 36.5 Å². The van der Waals surface area contributed by atoms with Gasteiger partial charge in [-0.2, -0.15) is 0 Å². The number of aromatic nitrogens is 4. The van der Waals surface area contributed by atoms with Gasteiger partial charge in [0.05, 0.1) is 21.6 Å². The maximum Gasteiger partial charge on any atom is 0.279 e. The van der Waals surface area contributed by atoms with Crippen molar-refractivity contribution in [1.29, 1.82) is 0 Å². The molecule has 4 aromatic rings. The summed E-state index contributed by atoms with van der Waals surface area (Å²) in [5, 5.41) is 11.5. The molecule has 0 unspecified atom stereocenters.